The highest BCUT2D eigenvalue weighted by atomic mass is 19.1. The molecular formula is C27H31FN4O9. The molecule has 220 valence electrons. The minimum absolute atomic E-state index is 0.0277. The lowest BCUT2D eigenvalue weighted by atomic mass is 9.80. The minimum Gasteiger partial charge on any atom is -0.481 e. The first kappa shape index (κ1) is 29.5. The number of benzene rings is 1. The first-order valence-electron chi connectivity index (χ1n) is 13.2. The Morgan fingerprint density at radius 1 is 1.10 bits per heavy atom. The molecule has 1 aliphatic heterocycles. The molecule has 1 saturated carbocycles. The highest BCUT2D eigenvalue weighted by molar-refractivity contribution is 6.05. The predicted octanol–water partition coefficient (Wildman–Crippen LogP) is 2.11. The summed E-state index contributed by atoms with van der Waals surface area (Å²) in [4.78, 5) is 69.8. The van der Waals surface area contributed by atoms with Crippen molar-refractivity contribution in [2.75, 3.05) is 32.8 Å². The van der Waals surface area contributed by atoms with Gasteiger partial charge in [-0.05, 0) is 44.7 Å². The summed E-state index contributed by atoms with van der Waals surface area (Å²) in [5.41, 5.74) is 3.48. The molecule has 1 aromatic carbocycles. The predicted molar refractivity (Wildman–Crippen MR) is 140 cm³/mol. The van der Waals surface area contributed by atoms with E-state index in [9.17, 15) is 38.6 Å². The van der Waals surface area contributed by atoms with Crippen molar-refractivity contribution in [1.82, 2.24) is 14.8 Å². The van der Waals surface area contributed by atoms with Crippen LogP contribution in [0.2, 0.25) is 0 Å². The number of fused-ring (bicyclic) bond motifs is 1. The zero-order valence-corrected chi connectivity index (χ0v) is 22.4. The number of halogens is 1. The van der Waals surface area contributed by atoms with Crippen LogP contribution in [-0.2, 0) is 19.1 Å². The van der Waals surface area contributed by atoms with Crippen molar-refractivity contribution in [3.63, 3.8) is 0 Å². The smallest absolute Gasteiger partial charge is 0.409 e. The zero-order chi connectivity index (χ0) is 29.9. The molecule has 1 saturated heterocycles. The van der Waals surface area contributed by atoms with Crippen LogP contribution in [0.15, 0.2) is 18.2 Å². The second-order valence-corrected chi connectivity index (χ2v) is 9.98. The second kappa shape index (κ2) is 11.9. The summed E-state index contributed by atoms with van der Waals surface area (Å²) in [5.74, 6) is -6.38. The molecule has 0 bridgehead atoms. The molecule has 2 heterocycles. The molecule has 0 spiro atoms. The number of amides is 3. The molecule has 4 rings (SSSR count). The van der Waals surface area contributed by atoms with E-state index < -0.39 is 53.6 Å². The Bertz CT molecular complexity index is 1390. The van der Waals surface area contributed by atoms with Crippen LogP contribution < -0.4 is 10.5 Å². The van der Waals surface area contributed by atoms with Crippen LogP contribution >= 0.6 is 0 Å². The molecule has 14 heteroatoms. The molecule has 13 nitrogen and oxygen atoms in total. The minimum atomic E-state index is -1.66. The molecular weight excluding hydrogens is 543 g/mol. The summed E-state index contributed by atoms with van der Waals surface area (Å²) in [7, 11) is 0. The van der Waals surface area contributed by atoms with Crippen LogP contribution in [0, 0.1) is 5.82 Å². The van der Waals surface area contributed by atoms with Gasteiger partial charge in [0.2, 0.25) is 11.5 Å². The second-order valence-electron chi connectivity index (χ2n) is 9.98. The molecule has 2 aliphatic rings. The highest BCUT2D eigenvalue weighted by Gasteiger charge is 2.48. The fourth-order valence-electron chi connectivity index (χ4n) is 5.06. The SMILES string of the molecule is CCOC(=O)N1CCN(C(=O)C(CCC(=O)O)c2nc3cc(F)ccc3c(OC3(C(=O)O)CCC3)c2C(N)=O)CC1. The van der Waals surface area contributed by atoms with Crippen molar-refractivity contribution in [3.05, 3.63) is 35.3 Å². The number of hydrogen-bond donors (Lipinski definition) is 3. The quantitative estimate of drug-likeness (QED) is 0.379. The number of piperazine rings is 1. The van der Waals surface area contributed by atoms with E-state index in [2.05, 4.69) is 4.98 Å². The van der Waals surface area contributed by atoms with E-state index >= 15 is 0 Å². The number of carbonyl (C=O) groups is 5. The number of rotatable bonds is 10. The van der Waals surface area contributed by atoms with Crippen LogP contribution in [0.4, 0.5) is 9.18 Å². The van der Waals surface area contributed by atoms with E-state index in [-0.39, 0.29) is 80.0 Å². The van der Waals surface area contributed by atoms with Gasteiger partial charge in [-0.2, -0.15) is 0 Å². The topological polar surface area (TPSA) is 190 Å². The lowest BCUT2D eigenvalue weighted by molar-refractivity contribution is -0.163. The van der Waals surface area contributed by atoms with E-state index in [1.807, 2.05) is 0 Å². The Balaban J connectivity index is 1.81. The number of pyridine rings is 1. The van der Waals surface area contributed by atoms with Gasteiger partial charge in [-0.15, -0.1) is 0 Å². The largest absolute Gasteiger partial charge is 0.481 e. The number of aromatic nitrogens is 1. The first-order valence-corrected chi connectivity index (χ1v) is 13.2. The number of carboxylic acids is 2. The number of hydrogen-bond acceptors (Lipinski definition) is 8. The van der Waals surface area contributed by atoms with Gasteiger partial charge < -0.3 is 35.2 Å². The third-order valence-electron chi connectivity index (χ3n) is 7.42. The molecule has 0 radical (unpaired) electrons. The molecule has 1 unspecified atom stereocenters. The zero-order valence-electron chi connectivity index (χ0n) is 22.4. The molecule has 2 aromatic rings. The average molecular weight is 575 g/mol. The lowest BCUT2D eigenvalue weighted by Gasteiger charge is -2.39. The van der Waals surface area contributed by atoms with Crippen LogP contribution in [0.25, 0.3) is 10.9 Å². The maximum absolute atomic E-state index is 14.3. The lowest BCUT2D eigenvalue weighted by Crippen LogP contribution is -2.52. The number of carbonyl (C=O) groups excluding carboxylic acids is 3. The number of nitrogens with two attached hydrogens (primary N) is 1. The fraction of sp³-hybridized carbons (Fsp3) is 0.481. The van der Waals surface area contributed by atoms with Gasteiger partial charge in [0.1, 0.15) is 17.1 Å². The van der Waals surface area contributed by atoms with E-state index in [0.29, 0.717) is 6.42 Å². The summed E-state index contributed by atoms with van der Waals surface area (Å²) in [6.07, 6.45) is -0.444. The summed E-state index contributed by atoms with van der Waals surface area (Å²) in [6.45, 7) is 2.37. The molecule has 3 amide bonds. The monoisotopic (exact) mass is 574 g/mol. The van der Waals surface area contributed by atoms with Crippen LogP contribution in [0.3, 0.4) is 0 Å². The number of nitrogens with zero attached hydrogens (tertiary/aromatic N) is 3. The Kier molecular flexibility index (Phi) is 8.59. The van der Waals surface area contributed by atoms with Crippen molar-refractivity contribution in [2.45, 2.75) is 50.5 Å². The number of ether oxygens (including phenoxy) is 2. The standard InChI is InChI=1S/C27H31FN4O9/c1-2-40-26(39)32-12-10-31(11-13-32)24(36)17(6-7-19(33)34)21-20(23(29)35)22(41-27(25(37)38)8-3-9-27)16-5-4-15(28)14-18(16)30-21/h4-5,14,17H,2-3,6-13H2,1H3,(H2,29,35)(H,33,34)(H,37,38). The van der Waals surface area contributed by atoms with Gasteiger partial charge in [0.05, 0.1) is 23.7 Å². The maximum atomic E-state index is 14.3. The third kappa shape index (κ3) is 6.00. The normalized spacial score (nSPS) is 16.9. The third-order valence-corrected chi connectivity index (χ3v) is 7.42. The Hall–Kier alpha value is -4.49. The van der Waals surface area contributed by atoms with Crippen molar-refractivity contribution in [3.8, 4) is 5.75 Å². The molecule has 1 aromatic heterocycles. The van der Waals surface area contributed by atoms with Crippen molar-refractivity contribution < 1.29 is 48.0 Å². The van der Waals surface area contributed by atoms with E-state index in [4.69, 9.17) is 15.2 Å². The van der Waals surface area contributed by atoms with Gasteiger partial charge in [0, 0.05) is 44.1 Å². The molecule has 41 heavy (non-hydrogen) atoms. The highest BCUT2D eigenvalue weighted by Crippen LogP contribution is 2.43. The summed E-state index contributed by atoms with van der Waals surface area (Å²) >= 11 is 0. The average Bonchev–Trinajstić information content (AvgIpc) is 2.89. The number of primary amides is 1. The van der Waals surface area contributed by atoms with Gasteiger partial charge >= 0.3 is 18.0 Å². The van der Waals surface area contributed by atoms with Gasteiger partial charge in [-0.25, -0.2) is 14.0 Å². The van der Waals surface area contributed by atoms with Gasteiger partial charge in [-0.1, -0.05) is 0 Å². The van der Waals surface area contributed by atoms with Crippen LogP contribution in [0.5, 0.6) is 5.75 Å². The summed E-state index contributed by atoms with van der Waals surface area (Å²) < 4.78 is 25.3. The Morgan fingerprint density at radius 2 is 1.76 bits per heavy atom. The van der Waals surface area contributed by atoms with Crippen molar-refractivity contribution in [1.29, 1.82) is 0 Å². The van der Waals surface area contributed by atoms with E-state index in [0.717, 1.165) is 12.1 Å². The van der Waals surface area contributed by atoms with Crippen molar-refractivity contribution >= 4 is 40.7 Å². The Labute approximate surface area is 234 Å². The molecule has 1 aliphatic carbocycles. The molecule has 4 N–H and O–H groups in total. The fourth-order valence-corrected chi connectivity index (χ4v) is 5.06. The van der Waals surface area contributed by atoms with E-state index in [1.165, 1.54) is 15.9 Å². The Morgan fingerprint density at radius 3 is 2.29 bits per heavy atom. The van der Waals surface area contributed by atoms with Gasteiger partial charge in [-0.3, -0.25) is 19.4 Å². The maximum Gasteiger partial charge on any atom is 0.409 e. The van der Waals surface area contributed by atoms with Gasteiger partial charge in [0.15, 0.2) is 0 Å². The molecule has 1 atom stereocenters. The summed E-state index contributed by atoms with van der Waals surface area (Å²) in [6, 6.07) is 3.41. The van der Waals surface area contributed by atoms with Crippen LogP contribution in [0.1, 0.15) is 61.0 Å². The van der Waals surface area contributed by atoms with Crippen LogP contribution in [-0.4, -0.2) is 93.2 Å². The summed E-state index contributed by atoms with van der Waals surface area (Å²) in [5, 5.41) is 19.4. The molecule has 2 fully saturated rings. The number of carboxylic acid groups (broad SMARTS) is 2. The first-order chi connectivity index (χ1) is 19.5. The number of aliphatic carboxylic acids is 2. The van der Waals surface area contributed by atoms with Crippen molar-refractivity contribution in [2.24, 2.45) is 5.73 Å². The van der Waals surface area contributed by atoms with E-state index in [1.54, 1.807) is 6.92 Å². The van der Waals surface area contributed by atoms with Gasteiger partial charge in [0.25, 0.3) is 5.91 Å².